The molecule has 0 aliphatic carbocycles. The summed E-state index contributed by atoms with van der Waals surface area (Å²) < 4.78 is 8.93. The molecule has 0 atom stereocenters. The van der Waals surface area contributed by atoms with Gasteiger partial charge in [-0.2, -0.15) is 0 Å². The molecular weight excluding hydrogens is 174 g/mol. The predicted molar refractivity (Wildman–Crippen MR) is 46.1 cm³/mol. The summed E-state index contributed by atoms with van der Waals surface area (Å²) in [5.74, 6) is 0. The first-order chi connectivity index (χ1) is 6.22. The minimum absolute atomic E-state index is 0.177. The fourth-order valence-electron chi connectivity index (χ4n) is 0.296. The van der Waals surface area contributed by atoms with E-state index in [1.807, 2.05) is 0 Å². The largest absolute Gasteiger partial charge is 0.508 e. The molecule has 0 heterocycles. The van der Waals surface area contributed by atoms with Gasteiger partial charge in [0.2, 0.25) is 6.08 Å². The van der Waals surface area contributed by atoms with Gasteiger partial charge in [0, 0.05) is 0 Å². The van der Waals surface area contributed by atoms with Gasteiger partial charge in [0.05, 0.1) is 0 Å². The van der Waals surface area contributed by atoms with Crippen LogP contribution in [0.4, 0.5) is 4.79 Å². The Labute approximate surface area is 76.2 Å². The number of rotatable bonds is 4. The van der Waals surface area contributed by atoms with Crippen LogP contribution in [0.25, 0.3) is 0 Å². The van der Waals surface area contributed by atoms with Crippen molar-refractivity contribution < 1.29 is 19.1 Å². The molecule has 5 nitrogen and oxygen atoms in total. The van der Waals surface area contributed by atoms with E-state index in [1.54, 1.807) is 0 Å². The van der Waals surface area contributed by atoms with Crippen LogP contribution in [0.1, 0.15) is 0 Å². The van der Waals surface area contributed by atoms with Crippen LogP contribution in [0, 0.1) is 5.41 Å². The lowest BCUT2D eigenvalue weighted by molar-refractivity contribution is 0.0718. The maximum Gasteiger partial charge on any atom is 0.508 e. The van der Waals surface area contributed by atoms with Crippen LogP contribution in [0.5, 0.6) is 0 Å². The lowest BCUT2D eigenvalue weighted by Crippen LogP contribution is -2.06. The predicted octanol–water partition coefficient (Wildman–Crippen LogP) is 1.41. The van der Waals surface area contributed by atoms with Crippen molar-refractivity contribution in [3.8, 4) is 0 Å². The lowest BCUT2D eigenvalue weighted by atomic mass is 10.7. The third-order valence-electron chi connectivity index (χ3n) is 0.638. The number of isocyanates is 1. The lowest BCUT2D eigenvalue weighted by Gasteiger charge is -1.99. The smallest absolute Gasteiger partial charge is 0.430 e. The fraction of sp³-hybridized carbons (Fsp3) is 0.250. The molecule has 0 saturated heterocycles. The Morgan fingerprint density at radius 3 is 1.85 bits per heavy atom. The molecule has 0 aromatic heterocycles. The molecule has 0 unspecified atom stereocenters. The van der Waals surface area contributed by atoms with Gasteiger partial charge >= 0.3 is 6.16 Å². The third kappa shape index (κ3) is 17.8. The molecule has 0 aromatic rings. The molecule has 0 aliphatic heterocycles. The van der Waals surface area contributed by atoms with Crippen LogP contribution in [0.15, 0.2) is 25.3 Å². The highest BCUT2D eigenvalue weighted by Gasteiger charge is 1.97. The molecule has 0 radical (unpaired) electrons. The summed E-state index contributed by atoms with van der Waals surface area (Å²) in [5, 5.41) is 5.40. The summed E-state index contributed by atoms with van der Waals surface area (Å²) in [7, 11) is 0. The molecule has 0 fully saturated rings. The Balaban J connectivity index is 0. The number of carbonyl (C=O) groups excluding carboxylic acids is 2. The third-order valence-corrected chi connectivity index (χ3v) is 0.638. The quantitative estimate of drug-likeness (QED) is 0.311. The van der Waals surface area contributed by atoms with Crippen LogP contribution in [0.2, 0.25) is 0 Å². The molecule has 0 amide bonds. The molecule has 0 saturated carbocycles. The maximum absolute atomic E-state index is 10.4. The molecular formula is C8H11NO4. The van der Waals surface area contributed by atoms with Crippen molar-refractivity contribution in [3.05, 3.63) is 25.3 Å². The average molecular weight is 185 g/mol. The number of hydrogen-bond donors (Lipinski definition) is 1. The zero-order valence-electron chi connectivity index (χ0n) is 7.12. The van der Waals surface area contributed by atoms with Gasteiger partial charge < -0.3 is 9.47 Å². The number of carbonyl (C=O) groups is 1. The Kier molecular flexibility index (Phi) is 13.5. The van der Waals surface area contributed by atoms with Crippen molar-refractivity contribution in [2.75, 3.05) is 13.2 Å². The number of nitrogens with one attached hydrogen (secondary N) is 1. The van der Waals surface area contributed by atoms with E-state index in [0.29, 0.717) is 0 Å². The molecule has 0 aliphatic rings. The zero-order chi connectivity index (χ0) is 10.5. The summed E-state index contributed by atoms with van der Waals surface area (Å²) in [6.07, 6.45) is 2.99. The van der Waals surface area contributed by atoms with E-state index in [2.05, 4.69) is 22.6 Å². The minimum atomic E-state index is -0.695. The monoisotopic (exact) mass is 185 g/mol. The van der Waals surface area contributed by atoms with E-state index in [1.165, 1.54) is 12.2 Å². The van der Waals surface area contributed by atoms with Crippen LogP contribution in [-0.4, -0.2) is 25.4 Å². The summed E-state index contributed by atoms with van der Waals surface area (Å²) in [5.41, 5.74) is 0. The van der Waals surface area contributed by atoms with Crippen LogP contribution < -0.4 is 0 Å². The summed E-state index contributed by atoms with van der Waals surface area (Å²) in [6.45, 7) is 7.07. The normalized spacial score (nSPS) is 6.77. The first-order valence-electron chi connectivity index (χ1n) is 3.28. The van der Waals surface area contributed by atoms with Gasteiger partial charge in [-0.25, -0.2) is 15.0 Å². The van der Waals surface area contributed by atoms with Gasteiger partial charge in [0.1, 0.15) is 13.2 Å². The minimum Gasteiger partial charge on any atom is -0.430 e. The Hall–Kier alpha value is -1.87. The highest BCUT2D eigenvalue weighted by molar-refractivity contribution is 5.60. The first-order valence-corrected chi connectivity index (χ1v) is 3.28. The maximum atomic E-state index is 10.4. The van der Waals surface area contributed by atoms with E-state index < -0.39 is 6.16 Å². The highest BCUT2D eigenvalue weighted by Crippen LogP contribution is 1.84. The van der Waals surface area contributed by atoms with Crippen LogP contribution in [-0.2, 0) is 14.3 Å². The van der Waals surface area contributed by atoms with Crippen molar-refractivity contribution in [1.82, 2.24) is 0 Å². The standard InChI is InChI=1S/C7H10O3.CHNO/c1-3-5-9-7(8)10-6-4-2;2-1-3/h3-4H,1-2,5-6H2;2H. The second kappa shape index (κ2) is 12.8. The van der Waals surface area contributed by atoms with Crippen LogP contribution >= 0.6 is 0 Å². The zero-order valence-corrected chi connectivity index (χ0v) is 7.12. The van der Waals surface area contributed by atoms with E-state index in [4.69, 9.17) is 10.2 Å². The Morgan fingerprint density at radius 1 is 1.31 bits per heavy atom. The summed E-state index contributed by atoms with van der Waals surface area (Å²) in [4.78, 5) is 18.8. The van der Waals surface area contributed by atoms with Crippen molar-refractivity contribution in [2.24, 2.45) is 0 Å². The summed E-state index contributed by atoms with van der Waals surface area (Å²) in [6, 6.07) is 0. The summed E-state index contributed by atoms with van der Waals surface area (Å²) >= 11 is 0. The van der Waals surface area contributed by atoms with Gasteiger partial charge in [-0.1, -0.05) is 25.3 Å². The van der Waals surface area contributed by atoms with Gasteiger partial charge in [-0.05, 0) is 0 Å². The fourth-order valence-corrected chi connectivity index (χ4v) is 0.296. The van der Waals surface area contributed by atoms with Gasteiger partial charge in [0.25, 0.3) is 0 Å². The Bertz CT molecular complexity index is 180. The van der Waals surface area contributed by atoms with Crippen molar-refractivity contribution >= 4 is 12.2 Å². The van der Waals surface area contributed by atoms with Gasteiger partial charge in [-0.15, -0.1) is 0 Å². The van der Waals surface area contributed by atoms with Crippen LogP contribution in [0.3, 0.4) is 0 Å². The first kappa shape index (κ1) is 13.7. The molecule has 72 valence electrons. The molecule has 1 N–H and O–H groups in total. The van der Waals surface area contributed by atoms with E-state index in [0.717, 1.165) is 6.08 Å². The van der Waals surface area contributed by atoms with E-state index in [9.17, 15) is 4.79 Å². The molecule has 0 bridgehead atoms. The topological polar surface area (TPSA) is 76.5 Å². The molecule has 0 aromatic carbocycles. The average Bonchev–Trinajstić information content (AvgIpc) is 2.12. The second-order valence-corrected chi connectivity index (χ2v) is 1.55. The highest BCUT2D eigenvalue weighted by atomic mass is 16.7. The molecule has 13 heavy (non-hydrogen) atoms. The number of hydrogen-bond acceptors (Lipinski definition) is 5. The van der Waals surface area contributed by atoms with E-state index in [-0.39, 0.29) is 13.2 Å². The van der Waals surface area contributed by atoms with Crippen molar-refractivity contribution in [2.45, 2.75) is 0 Å². The molecule has 5 heteroatoms. The second-order valence-electron chi connectivity index (χ2n) is 1.55. The van der Waals surface area contributed by atoms with Crippen molar-refractivity contribution in [1.29, 1.82) is 5.41 Å². The van der Waals surface area contributed by atoms with Gasteiger partial charge in [0.15, 0.2) is 0 Å². The SMILES string of the molecule is C=CCOC(=O)OCC=C.N=C=O. The Morgan fingerprint density at radius 2 is 1.62 bits per heavy atom. The van der Waals surface area contributed by atoms with Crippen molar-refractivity contribution in [3.63, 3.8) is 0 Å². The molecule has 0 spiro atoms. The van der Waals surface area contributed by atoms with Gasteiger partial charge in [-0.3, -0.25) is 0 Å². The molecule has 0 rings (SSSR count). The number of ether oxygens (including phenoxy) is 2. The van der Waals surface area contributed by atoms with E-state index >= 15 is 0 Å².